The van der Waals surface area contributed by atoms with Crippen LogP contribution in [0.1, 0.15) is 12.2 Å². The highest BCUT2D eigenvalue weighted by atomic mass is 35.5. The molecule has 2 N–H and O–H groups in total. The number of carbonyl (C=O) groups is 1. The van der Waals surface area contributed by atoms with Gasteiger partial charge in [-0.05, 0) is 18.2 Å². The normalized spacial score (nSPS) is 15.5. The van der Waals surface area contributed by atoms with Crippen LogP contribution in [0.25, 0.3) is 0 Å². The highest BCUT2D eigenvalue weighted by Gasteiger charge is 2.17. The molecule has 1 fully saturated rings. The van der Waals surface area contributed by atoms with E-state index in [-0.39, 0.29) is 5.91 Å². The maximum absolute atomic E-state index is 11.9. The number of amides is 1. The van der Waals surface area contributed by atoms with Crippen molar-refractivity contribution in [3.63, 3.8) is 0 Å². The molecule has 2 aromatic rings. The van der Waals surface area contributed by atoms with E-state index in [0.717, 1.165) is 43.6 Å². The van der Waals surface area contributed by atoms with E-state index in [2.05, 4.69) is 31.2 Å². The lowest BCUT2D eigenvalue weighted by molar-refractivity contribution is -0.121. The first-order chi connectivity index (χ1) is 11.7. The molecule has 0 atom stereocenters. The van der Waals surface area contributed by atoms with Crippen molar-refractivity contribution in [1.29, 1.82) is 0 Å². The molecule has 0 radical (unpaired) electrons. The van der Waals surface area contributed by atoms with Gasteiger partial charge in [0.2, 0.25) is 5.91 Å². The van der Waals surface area contributed by atoms with Gasteiger partial charge in [-0.25, -0.2) is 4.98 Å². The summed E-state index contributed by atoms with van der Waals surface area (Å²) in [5.74, 6) is 0.835. The lowest BCUT2D eigenvalue weighted by Gasteiger charge is -2.36. The van der Waals surface area contributed by atoms with Gasteiger partial charge < -0.3 is 15.2 Å². The minimum atomic E-state index is 0.0590. The van der Waals surface area contributed by atoms with Gasteiger partial charge in [0.05, 0.1) is 6.54 Å². The number of hydrogen-bond acceptors (Lipinski definition) is 4. The second-order valence-electron chi connectivity index (χ2n) is 5.87. The number of H-pyrrole nitrogens is 1. The monoisotopic (exact) mass is 347 g/mol. The first-order valence-corrected chi connectivity index (χ1v) is 8.56. The number of piperazine rings is 1. The molecule has 6 nitrogen and oxygen atoms in total. The number of benzene rings is 1. The smallest absolute Gasteiger partial charge is 0.221 e. The third-order valence-electron chi connectivity index (χ3n) is 4.21. The van der Waals surface area contributed by atoms with Crippen molar-refractivity contribution < 1.29 is 4.79 Å². The Hall–Kier alpha value is -2.05. The first-order valence-electron chi connectivity index (χ1n) is 8.18. The molecule has 1 aromatic heterocycles. The van der Waals surface area contributed by atoms with Gasteiger partial charge in [0.15, 0.2) is 0 Å². The molecule has 1 amide bonds. The van der Waals surface area contributed by atoms with Crippen molar-refractivity contribution in [2.75, 3.05) is 37.6 Å². The number of nitrogens with one attached hydrogen (secondary N) is 2. The summed E-state index contributed by atoms with van der Waals surface area (Å²) in [6.45, 7) is 5.06. The largest absolute Gasteiger partial charge is 0.369 e. The highest BCUT2D eigenvalue weighted by molar-refractivity contribution is 6.30. The Balaban J connectivity index is 1.37. The summed E-state index contributed by atoms with van der Waals surface area (Å²) < 4.78 is 0. The molecular formula is C17H22ClN5O. The fourth-order valence-electron chi connectivity index (χ4n) is 2.83. The van der Waals surface area contributed by atoms with Crippen LogP contribution in [0.5, 0.6) is 0 Å². The fraction of sp³-hybridized carbons (Fsp3) is 0.412. The third kappa shape index (κ3) is 4.72. The molecule has 2 heterocycles. The number of halogens is 1. The number of carbonyl (C=O) groups excluding carboxylic acids is 1. The summed E-state index contributed by atoms with van der Waals surface area (Å²) >= 11 is 6.06. The molecule has 0 saturated carbocycles. The van der Waals surface area contributed by atoms with Crippen molar-refractivity contribution in [2.24, 2.45) is 0 Å². The van der Waals surface area contributed by atoms with Crippen LogP contribution in [0.15, 0.2) is 36.7 Å². The molecule has 1 saturated heterocycles. The number of rotatable bonds is 6. The van der Waals surface area contributed by atoms with Gasteiger partial charge in [-0.15, -0.1) is 0 Å². The topological polar surface area (TPSA) is 64.3 Å². The van der Waals surface area contributed by atoms with Gasteiger partial charge in [-0.2, -0.15) is 0 Å². The summed E-state index contributed by atoms with van der Waals surface area (Å²) in [5, 5.41) is 3.65. The SMILES string of the molecule is O=C(CCN1CCN(c2cccc(Cl)c2)CC1)NCc1ncc[nH]1. The minimum absolute atomic E-state index is 0.0590. The molecule has 128 valence electrons. The maximum Gasteiger partial charge on any atom is 0.221 e. The van der Waals surface area contributed by atoms with Crippen LogP contribution in [0.2, 0.25) is 5.02 Å². The van der Waals surface area contributed by atoms with Crippen LogP contribution in [-0.4, -0.2) is 53.5 Å². The first kappa shape index (κ1) is 16.8. The van der Waals surface area contributed by atoms with E-state index in [4.69, 9.17) is 11.6 Å². The lowest BCUT2D eigenvalue weighted by Crippen LogP contribution is -2.47. The van der Waals surface area contributed by atoms with Crippen molar-refractivity contribution in [1.82, 2.24) is 20.2 Å². The Labute approximate surface area is 146 Å². The number of nitrogens with zero attached hydrogens (tertiary/aromatic N) is 3. The molecule has 0 aliphatic carbocycles. The van der Waals surface area contributed by atoms with E-state index in [9.17, 15) is 4.79 Å². The number of imidazole rings is 1. The quantitative estimate of drug-likeness (QED) is 0.837. The van der Waals surface area contributed by atoms with Crippen LogP contribution in [0.4, 0.5) is 5.69 Å². The molecule has 3 rings (SSSR count). The van der Waals surface area contributed by atoms with Gasteiger partial charge in [-0.1, -0.05) is 17.7 Å². The Morgan fingerprint density at radius 1 is 1.29 bits per heavy atom. The average Bonchev–Trinajstić information content (AvgIpc) is 3.12. The van der Waals surface area contributed by atoms with Crippen molar-refractivity contribution in [2.45, 2.75) is 13.0 Å². The van der Waals surface area contributed by atoms with Gasteiger partial charge >= 0.3 is 0 Å². The lowest BCUT2D eigenvalue weighted by atomic mass is 10.2. The van der Waals surface area contributed by atoms with E-state index in [1.54, 1.807) is 12.4 Å². The zero-order chi connectivity index (χ0) is 16.8. The summed E-state index contributed by atoms with van der Waals surface area (Å²) in [4.78, 5) is 23.6. The maximum atomic E-state index is 11.9. The predicted molar refractivity (Wildman–Crippen MR) is 95.2 cm³/mol. The van der Waals surface area contributed by atoms with Crippen LogP contribution in [0.3, 0.4) is 0 Å². The second kappa shape index (κ2) is 8.17. The molecule has 1 aromatic carbocycles. The number of aromatic amines is 1. The van der Waals surface area contributed by atoms with Crippen molar-refractivity contribution in [3.8, 4) is 0 Å². The van der Waals surface area contributed by atoms with Crippen LogP contribution >= 0.6 is 11.6 Å². The van der Waals surface area contributed by atoms with Gasteiger partial charge in [-0.3, -0.25) is 9.69 Å². The van der Waals surface area contributed by atoms with Gasteiger partial charge in [0, 0.05) is 62.2 Å². The van der Waals surface area contributed by atoms with E-state index >= 15 is 0 Å². The summed E-state index contributed by atoms with van der Waals surface area (Å²) in [5.41, 5.74) is 1.17. The molecule has 0 unspecified atom stereocenters. The van der Waals surface area contributed by atoms with Gasteiger partial charge in [0.1, 0.15) is 5.82 Å². The highest BCUT2D eigenvalue weighted by Crippen LogP contribution is 2.20. The minimum Gasteiger partial charge on any atom is -0.369 e. The van der Waals surface area contributed by atoms with E-state index in [0.29, 0.717) is 13.0 Å². The van der Waals surface area contributed by atoms with E-state index < -0.39 is 0 Å². The molecule has 1 aliphatic rings. The Kier molecular flexibility index (Phi) is 5.72. The zero-order valence-corrected chi connectivity index (χ0v) is 14.3. The Bertz CT molecular complexity index is 653. The average molecular weight is 348 g/mol. The van der Waals surface area contributed by atoms with Gasteiger partial charge in [0.25, 0.3) is 0 Å². The molecule has 24 heavy (non-hydrogen) atoms. The molecule has 0 spiro atoms. The van der Waals surface area contributed by atoms with Crippen LogP contribution in [-0.2, 0) is 11.3 Å². The standard InChI is InChI=1S/C17H22ClN5O/c18-14-2-1-3-15(12-14)23-10-8-22(9-11-23)7-4-17(24)21-13-16-19-5-6-20-16/h1-3,5-6,12H,4,7-11,13H2,(H,19,20)(H,21,24). The zero-order valence-electron chi connectivity index (χ0n) is 13.5. The predicted octanol–water partition coefficient (Wildman–Crippen LogP) is 1.89. The molecular weight excluding hydrogens is 326 g/mol. The van der Waals surface area contributed by atoms with E-state index in [1.165, 1.54) is 5.69 Å². The summed E-state index contributed by atoms with van der Waals surface area (Å²) in [7, 11) is 0. The van der Waals surface area contributed by atoms with Crippen LogP contribution < -0.4 is 10.2 Å². The Morgan fingerprint density at radius 3 is 2.83 bits per heavy atom. The molecule has 7 heteroatoms. The number of hydrogen-bond donors (Lipinski definition) is 2. The number of anilines is 1. The fourth-order valence-corrected chi connectivity index (χ4v) is 3.01. The molecule has 0 bridgehead atoms. The second-order valence-corrected chi connectivity index (χ2v) is 6.31. The van der Waals surface area contributed by atoms with Crippen LogP contribution in [0, 0.1) is 0 Å². The van der Waals surface area contributed by atoms with Crippen molar-refractivity contribution >= 4 is 23.2 Å². The summed E-state index contributed by atoms with van der Waals surface area (Å²) in [6.07, 6.45) is 3.94. The van der Waals surface area contributed by atoms with E-state index in [1.807, 2.05) is 18.2 Å². The summed E-state index contributed by atoms with van der Waals surface area (Å²) in [6, 6.07) is 7.96. The molecule has 1 aliphatic heterocycles. The number of aromatic nitrogens is 2. The third-order valence-corrected chi connectivity index (χ3v) is 4.44. The Morgan fingerprint density at radius 2 is 2.12 bits per heavy atom. The van der Waals surface area contributed by atoms with Crippen molar-refractivity contribution in [3.05, 3.63) is 47.5 Å².